The van der Waals surface area contributed by atoms with Gasteiger partial charge < -0.3 is 10.1 Å². The highest BCUT2D eigenvalue weighted by atomic mass is 32.2. The fourth-order valence-electron chi connectivity index (χ4n) is 2.62. The third-order valence-corrected chi connectivity index (χ3v) is 4.39. The van der Waals surface area contributed by atoms with Crippen molar-refractivity contribution < 1.29 is 19.2 Å². The zero-order valence-electron chi connectivity index (χ0n) is 12.8. The van der Waals surface area contributed by atoms with Gasteiger partial charge in [-0.1, -0.05) is 18.2 Å². The van der Waals surface area contributed by atoms with Crippen molar-refractivity contribution >= 4 is 29.3 Å². The molecule has 2 rings (SSSR count). The number of nitrogens with one attached hydrogen (secondary N) is 1. The Morgan fingerprint density at radius 1 is 1.46 bits per heavy atom. The molecule has 1 heterocycles. The number of benzene rings is 1. The minimum atomic E-state index is -1.37. The van der Waals surface area contributed by atoms with E-state index in [-0.39, 0.29) is 21.9 Å². The van der Waals surface area contributed by atoms with Gasteiger partial charge in [-0.15, -0.1) is 11.8 Å². The first-order chi connectivity index (χ1) is 11.5. The Kier molecular flexibility index (Phi) is 5.21. The first kappa shape index (κ1) is 17.5. The molecule has 0 radical (unpaired) electrons. The lowest BCUT2D eigenvalue weighted by Crippen LogP contribution is -2.44. The van der Waals surface area contributed by atoms with E-state index in [1.807, 2.05) is 6.07 Å². The summed E-state index contributed by atoms with van der Waals surface area (Å²) >= 11 is 1.12. The van der Waals surface area contributed by atoms with Crippen molar-refractivity contribution in [3.05, 3.63) is 50.5 Å². The number of hydrogen-bond donors (Lipinski definition) is 1. The molecule has 1 aliphatic rings. The van der Waals surface area contributed by atoms with E-state index in [4.69, 9.17) is 0 Å². The third kappa shape index (κ3) is 2.96. The van der Waals surface area contributed by atoms with Gasteiger partial charge in [-0.25, -0.2) is 0 Å². The standard InChI is InChI=1S/C15H13N3O5S/c1-23-15(20)12-11(8-5-3-4-6-10(8)18(21)22)9(7-16)14(24-2)17-13(12)19/h3-6,11-12H,1-2H3,(H,17,19)/t11-,12+/m1/s1. The van der Waals surface area contributed by atoms with Crippen molar-refractivity contribution in [3.63, 3.8) is 0 Å². The van der Waals surface area contributed by atoms with Crippen molar-refractivity contribution in [2.45, 2.75) is 5.92 Å². The van der Waals surface area contributed by atoms with Crippen LogP contribution in [0.4, 0.5) is 5.69 Å². The zero-order valence-corrected chi connectivity index (χ0v) is 13.6. The molecule has 0 unspecified atom stereocenters. The summed E-state index contributed by atoms with van der Waals surface area (Å²) in [4.78, 5) is 35.2. The Bertz CT molecular complexity index is 784. The Balaban J connectivity index is 2.76. The molecule has 0 saturated carbocycles. The van der Waals surface area contributed by atoms with Crippen LogP contribution in [0.1, 0.15) is 11.5 Å². The Morgan fingerprint density at radius 3 is 2.67 bits per heavy atom. The molecule has 0 aliphatic carbocycles. The zero-order chi connectivity index (χ0) is 17.9. The molecule has 0 saturated heterocycles. The first-order valence-electron chi connectivity index (χ1n) is 6.76. The number of thioether (sulfide) groups is 1. The van der Waals surface area contributed by atoms with Crippen LogP contribution < -0.4 is 5.32 Å². The average molecular weight is 347 g/mol. The van der Waals surface area contributed by atoms with Crippen LogP contribution in [-0.2, 0) is 14.3 Å². The predicted molar refractivity (Wildman–Crippen MR) is 85.6 cm³/mol. The molecule has 1 aromatic carbocycles. The highest BCUT2D eigenvalue weighted by Crippen LogP contribution is 2.42. The van der Waals surface area contributed by atoms with Crippen molar-refractivity contribution in [1.82, 2.24) is 5.32 Å². The quantitative estimate of drug-likeness (QED) is 0.380. The molecule has 8 nitrogen and oxygen atoms in total. The number of nitro groups is 1. The average Bonchev–Trinajstić information content (AvgIpc) is 2.59. The van der Waals surface area contributed by atoms with Crippen molar-refractivity contribution in [2.24, 2.45) is 5.92 Å². The lowest BCUT2D eigenvalue weighted by atomic mass is 9.78. The summed E-state index contributed by atoms with van der Waals surface area (Å²) in [6, 6.07) is 7.70. The summed E-state index contributed by atoms with van der Waals surface area (Å²) in [6.07, 6.45) is 1.65. The predicted octanol–water partition coefficient (Wildman–Crippen LogP) is 1.70. The van der Waals surface area contributed by atoms with E-state index < -0.39 is 28.6 Å². The molecule has 0 bridgehead atoms. The maximum atomic E-state index is 12.4. The number of carbonyl (C=O) groups is 2. The summed E-state index contributed by atoms with van der Waals surface area (Å²) in [7, 11) is 1.12. The molecular weight excluding hydrogens is 334 g/mol. The number of para-hydroxylation sites is 1. The molecule has 124 valence electrons. The molecule has 24 heavy (non-hydrogen) atoms. The number of ether oxygens (including phenoxy) is 1. The fourth-order valence-corrected chi connectivity index (χ4v) is 3.21. The topological polar surface area (TPSA) is 122 Å². The molecular formula is C15H13N3O5S. The van der Waals surface area contributed by atoms with Gasteiger partial charge in [-0.3, -0.25) is 19.7 Å². The molecule has 0 spiro atoms. The highest BCUT2D eigenvalue weighted by Gasteiger charge is 2.46. The maximum absolute atomic E-state index is 12.4. The van der Waals surface area contributed by atoms with Crippen LogP contribution in [0.5, 0.6) is 0 Å². The number of allylic oxidation sites excluding steroid dienone is 1. The van der Waals surface area contributed by atoms with E-state index >= 15 is 0 Å². The Hall–Kier alpha value is -2.86. The van der Waals surface area contributed by atoms with Gasteiger partial charge in [0.25, 0.3) is 5.69 Å². The van der Waals surface area contributed by atoms with Crippen molar-refractivity contribution in [2.75, 3.05) is 13.4 Å². The monoisotopic (exact) mass is 347 g/mol. The van der Waals surface area contributed by atoms with Crippen LogP contribution in [-0.4, -0.2) is 30.2 Å². The molecule has 9 heteroatoms. The molecule has 1 N–H and O–H groups in total. The molecule has 2 atom stereocenters. The largest absolute Gasteiger partial charge is 0.468 e. The van der Waals surface area contributed by atoms with E-state index in [1.54, 1.807) is 12.3 Å². The molecule has 0 aromatic heterocycles. The molecule has 1 aliphatic heterocycles. The van der Waals surface area contributed by atoms with E-state index in [9.17, 15) is 25.0 Å². The van der Waals surface area contributed by atoms with E-state index in [1.165, 1.54) is 18.2 Å². The highest BCUT2D eigenvalue weighted by molar-refractivity contribution is 8.02. The minimum Gasteiger partial charge on any atom is -0.468 e. The van der Waals surface area contributed by atoms with Gasteiger partial charge in [-0.2, -0.15) is 5.26 Å². The lowest BCUT2D eigenvalue weighted by Gasteiger charge is -2.30. The van der Waals surface area contributed by atoms with Gasteiger partial charge >= 0.3 is 5.97 Å². The summed E-state index contributed by atoms with van der Waals surface area (Å²) in [5, 5.41) is 23.6. The summed E-state index contributed by atoms with van der Waals surface area (Å²) in [5.41, 5.74) is -0.0537. The number of methoxy groups -OCH3 is 1. The normalized spacial score (nSPS) is 20.1. The number of nitrogens with zero attached hydrogens (tertiary/aromatic N) is 2. The van der Waals surface area contributed by atoms with Crippen molar-refractivity contribution in [1.29, 1.82) is 5.26 Å². The van der Waals surface area contributed by atoms with Gasteiger partial charge in [-0.05, 0) is 6.26 Å². The summed E-state index contributed by atoms with van der Waals surface area (Å²) in [6.45, 7) is 0. The van der Waals surface area contributed by atoms with Crippen LogP contribution in [0.25, 0.3) is 0 Å². The Labute approximate surface area is 141 Å². The number of nitro benzene ring substituents is 1. The number of nitriles is 1. The van der Waals surface area contributed by atoms with Gasteiger partial charge in [0.15, 0.2) is 0 Å². The second-order valence-electron chi connectivity index (χ2n) is 4.84. The van der Waals surface area contributed by atoms with Gasteiger partial charge in [0, 0.05) is 11.6 Å². The molecule has 0 fully saturated rings. The van der Waals surface area contributed by atoms with Gasteiger partial charge in [0.1, 0.15) is 5.92 Å². The minimum absolute atomic E-state index is 0.0896. The van der Waals surface area contributed by atoms with Gasteiger partial charge in [0.05, 0.1) is 34.6 Å². The molecule has 1 aromatic rings. The third-order valence-electron chi connectivity index (χ3n) is 3.66. The number of carbonyl (C=O) groups excluding carboxylic acids is 2. The fraction of sp³-hybridized carbons (Fsp3) is 0.267. The van der Waals surface area contributed by atoms with E-state index in [0.717, 1.165) is 18.9 Å². The number of amides is 1. The first-order valence-corrected chi connectivity index (χ1v) is 7.99. The van der Waals surface area contributed by atoms with Crippen LogP contribution in [0.2, 0.25) is 0 Å². The van der Waals surface area contributed by atoms with Gasteiger partial charge in [0.2, 0.25) is 5.91 Å². The SMILES string of the molecule is COC(=O)[C@@H]1C(=O)NC(SC)=C(C#N)[C@H]1c1ccccc1[N+](=O)[O-]. The van der Waals surface area contributed by atoms with E-state index in [0.29, 0.717) is 0 Å². The maximum Gasteiger partial charge on any atom is 0.319 e. The Morgan fingerprint density at radius 2 is 2.12 bits per heavy atom. The number of hydrogen-bond acceptors (Lipinski definition) is 7. The van der Waals surface area contributed by atoms with E-state index in [2.05, 4.69) is 10.1 Å². The van der Waals surface area contributed by atoms with Crippen LogP contribution in [0.15, 0.2) is 34.9 Å². The number of esters is 1. The summed E-state index contributed by atoms with van der Waals surface area (Å²) in [5.74, 6) is -3.97. The second-order valence-corrected chi connectivity index (χ2v) is 5.66. The van der Waals surface area contributed by atoms with Crippen LogP contribution in [0.3, 0.4) is 0 Å². The van der Waals surface area contributed by atoms with Crippen LogP contribution >= 0.6 is 11.8 Å². The summed E-state index contributed by atoms with van der Waals surface area (Å²) < 4.78 is 4.67. The second kappa shape index (κ2) is 7.14. The number of rotatable bonds is 4. The lowest BCUT2D eigenvalue weighted by molar-refractivity contribution is -0.385. The van der Waals surface area contributed by atoms with Crippen LogP contribution in [0, 0.1) is 27.4 Å². The van der Waals surface area contributed by atoms with Crippen molar-refractivity contribution in [3.8, 4) is 6.07 Å². The molecule has 1 amide bonds. The smallest absolute Gasteiger partial charge is 0.319 e.